The Morgan fingerprint density at radius 1 is 1.00 bits per heavy atom. The van der Waals surface area contributed by atoms with E-state index in [-0.39, 0.29) is 29.3 Å². The number of aliphatic imine (C=N–C) groups is 1. The van der Waals surface area contributed by atoms with Crippen molar-refractivity contribution in [3.05, 3.63) is 64.9 Å². The normalized spacial score (nSPS) is 19.6. The van der Waals surface area contributed by atoms with E-state index >= 15 is 0 Å². The number of unbranched alkanes of at least 4 members (excludes halogenated alkanes) is 1. The Bertz CT molecular complexity index is 1880. The molecule has 3 aliphatic rings. The van der Waals surface area contributed by atoms with Crippen molar-refractivity contribution in [1.82, 2.24) is 19.9 Å². The Morgan fingerprint density at radius 2 is 1.76 bits per heavy atom. The maximum atomic E-state index is 14.4. The molecule has 3 aliphatic heterocycles. The Hall–Kier alpha value is -4.23. The highest BCUT2D eigenvalue weighted by Gasteiger charge is 2.51. The summed E-state index contributed by atoms with van der Waals surface area (Å²) in [6.45, 7) is 11.0. The molecule has 0 aliphatic carbocycles. The summed E-state index contributed by atoms with van der Waals surface area (Å²) in [5.41, 5.74) is 2.56. The number of aromatic nitrogens is 1. The lowest BCUT2D eigenvalue weighted by Crippen LogP contribution is -2.57. The monoisotopic (exact) mass is 718 g/mol. The van der Waals surface area contributed by atoms with Crippen LogP contribution in [0.5, 0.6) is 0 Å². The van der Waals surface area contributed by atoms with Gasteiger partial charge in [0.1, 0.15) is 11.6 Å². The van der Waals surface area contributed by atoms with Crippen LogP contribution in [0, 0.1) is 13.8 Å². The molecule has 12 nitrogen and oxygen atoms in total. The first kappa shape index (κ1) is 36.6. The van der Waals surface area contributed by atoms with E-state index in [1.54, 1.807) is 38.1 Å². The van der Waals surface area contributed by atoms with Crippen LogP contribution < -0.4 is 4.72 Å². The van der Waals surface area contributed by atoms with Crippen molar-refractivity contribution in [2.24, 2.45) is 4.99 Å². The second kappa shape index (κ2) is 15.6. The molecule has 13 heteroatoms. The van der Waals surface area contributed by atoms with E-state index in [2.05, 4.69) is 16.8 Å². The number of ether oxygens (including phenoxy) is 1. The van der Waals surface area contributed by atoms with Crippen LogP contribution in [0.4, 0.5) is 10.6 Å². The molecule has 1 N–H and O–H groups in total. The third-order valence-corrected chi connectivity index (χ3v) is 11.6. The van der Waals surface area contributed by atoms with E-state index in [4.69, 9.17) is 14.3 Å². The van der Waals surface area contributed by atoms with Crippen molar-refractivity contribution >= 4 is 33.6 Å². The molecule has 2 fully saturated rings. The summed E-state index contributed by atoms with van der Waals surface area (Å²) >= 11 is 0. The molecule has 0 saturated carbocycles. The van der Waals surface area contributed by atoms with Gasteiger partial charge in [0.15, 0.2) is 11.4 Å². The first-order valence-electron chi connectivity index (χ1n) is 18.3. The maximum absolute atomic E-state index is 14.4. The number of benzene rings is 2. The predicted octanol–water partition coefficient (Wildman–Crippen LogP) is 6.67. The molecular weight excluding hydrogens is 669 g/mol. The number of likely N-dealkylation sites (tertiary alicyclic amines) is 2. The second-order valence-corrected chi connectivity index (χ2v) is 15.5. The van der Waals surface area contributed by atoms with Gasteiger partial charge >= 0.3 is 6.03 Å². The van der Waals surface area contributed by atoms with Crippen LogP contribution in [-0.2, 0) is 32.7 Å². The molecule has 4 heterocycles. The molecule has 6 rings (SSSR count). The molecular formula is C38H50N6O6S. The summed E-state index contributed by atoms with van der Waals surface area (Å²) in [4.78, 5) is 38.8. The van der Waals surface area contributed by atoms with E-state index in [1.807, 2.05) is 39.8 Å². The van der Waals surface area contributed by atoms with Gasteiger partial charge in [-0.15, -0.1) is 0 Å². The number of carbonyl (C=O) groups is 2. The van der Waals surface area contributed by atoms with Crippen LogP contribution >= 0.6 is 0 Å². The Morgan fingerprint density at radius 3 is 2.49 bits per heavy atom. The van der Waals surface area contributed by atoms with Gasteiger partial charge < -0.3 is 19.1 Å². The number of nitrogens with zero attached hydrogens (tertiary/aromatic N) is 5. The molecule has 1 spiro atoms. The van der Waals surface area contributed by atoms with Gasteiger partial charge in [-0.3, -0.25) is 19.4 Å². The quantitative estimate of drug-likeness (QED) is 0.221. The first-order valence-corrected chi connectivity index (χ1v) is 19.7. The molecule has 274 valence electrons. The van der Waals surface area contributed by atoms with E-state index in [1.165, 1.54) is 0 Å². The topological polar surface area (TPSA) is 138 Å². The fraction of sp³-hybridized carbons (Fsp3) is 0.526. The van der Waals surface area contributed by atoms with Gasteiger partial charge in [-0.2, -0.15) is 0 Å². The van der Waals surface area contributed by atoms with Crippen LogP contribution in [0.3, 0.4) is 0 Å². The minimum Gasteiger partial charge on any atom is -0.377 e. The van der Waals surface area contributed by atoms with E-state index in [9.17, 15) is 18.0 Å². The van der Waals surface area contributed by atoms with Crippen LogP contribution in [0.15, 0.2) is 56.9 Å². The molecule has 3 amide bonds. The number of amidine groups is 1. The van der Waals surface area contributed by atoms with Crippen molar-refractivity contribution in [3.63, 3.8) is 0 Å². The number of hydrogen-bond acceptors (Lipinski definition) is 8. The van der Waals surface area contributed by atoms with E-state index < -0.39 is 15.6 Å². The number of hydrogen-bond donors (Lipinski definition) is 1. The van der Waals surface area contributed by atoms with Gasteiger partial charge in [-0.25, -0.2) is 13.2 Å². The Kier molecular flexibility index (Phi) is 11.2. The summed E-state index contributed by atoms with van der Waals surface area (Å²) in [5, 5.41) is 3.89. The van der Waals surface area contributed by atoms with Gasteiger partial charge in [0.05, 0.1) is 24.6 Å². The lowest BCUT2D eigenvalue weighted by Gasteiger charge is -2.40. The maximum Gasteiger partial charge on any atom is 0.320 e. The minimum atomic E-state index is -4.04. The lowest BCUT2D eigenvalue weighted by atomic mass is 9.89. The zero-order chi connectivity index (χ0) is 36.2. The highest BCUT2D eigenvalue weighted by Crippen LogP contribution is 2.37. The van der Waals surface area contributed by atoms with Crippen molar-refractivity contribution in [3.8, 4) is 11.1 Å². The van der Waals surface area contributed by atoms with Gasteiger partial charge in [-0.05, 0) is 82.1 Å². The molecule has 3 aromatic rings. The van der Waals surface area contributed by atoms with Crippen molar-refractivity contribution in [1.29, 1.82) is 0 Å². The average Bonchev–Trinajstić information content (AvgIpc) is 3.58. The fourth-order valence-electron chi connectivity index (χ4n) is 7.30. The highest BCUT2D eigenvalue weighted by molar-refractivity contribution is 7.92. The number of aryl methyl sites for hydroxylation is 1. The fourth-order valence-corrected chi connectivity index (χ4v) is 8.58. The molecule has 0 bridgehead atoms. The number of amides is 3. The van der Waals surface area contributed by atoms with E-state index in [0.29, 0.717) is 61.5 Å². The predicted molar refractivity (Wildman–Crippen MR) is 196 cm³/mol. The Balaban J connectivity index is 1.29. The van der Waals surface area contributed by atoms with Crippen LogP contribution in [0.25, 0.3) is 11.1 Å². The number of rotatable bonds is 12. The van der Waals surface area contributed by atoms with E-state index in [0.717, 1.165) is 68.6 Å². The number of sulfonamides is 1. The molecule has 2 saturated heterocycles. The molecule has 51 heavy (non-hydrogen) atoms. The molecule has 1 atom stereocenters. The smallest absolute Gasteiger partial charge is 0.320 e. The van der Waals surface area contributed by atoms with Crippen molar-refractivity contribution in [2.75, 3.05) is 37.5 Å². The van der Waals surface area contributed by atoms with Crippen molar-refractivity contribution < 1.29 is 27.3 Å². The summed E-state index contributed by atoms with van der Waals surface area (Å²) in [7, 11) is -4.04. The third kappa shape index (κ3) is 7.69. The second-order valence-electron chi connectivity index (χ2n) is 13.9. The molecule has 1 aromatic heterocycles. The number of nitrogens with one attached hydrogen (secondary N) is 1. The summed E-state index contributed by atoms with van der Waals surface area (Å²) in [5.74, 6) is 1.40. The summed E-state index contributed by atoms with van der Waals surface area (Å²) in [6.07, 6.45) is 7.06. The number of piperidine rings is 2. The highest BCUT2D eigenvalue weighted by atomic mass is 32.2. The molecule has 0 radical (unpaired) electrons. The largest absolute Gasteiger partial charge is 0.377 e. The first-order chi connectivity index (χ1) is 24.6. The average molecular weight is 719 g/mol. The number of carbonyl (C=O) groups excluding carboxylic acids is 2. The molecule has 0 unspecified atom stereocenters. The van der Waals surface area contributed by atoms with Gasteiger partial charge in [0, 0.05) is 43.8 Å². The van der Waals surface area contributed by atoms with Crippen LogP contribution in [-0.4, -0.2) is 84.4 Å². The van der Waals surface area contributed by atoms with Crippen molar-refractivity contribution in [2.45, 2.75) is 103 Å². The van der Waals surface area contributed by atoms with Gasteiger partial charge in [-0.1, -0.05) is 54.9 Å². The third-order valence-electron chi connectivity index (χ3n) is 10.2. The lowest BCUT2D eigenvalue weighted by molar-refractivity contribution is -0.133. The standard InChI is InChI=1S/C38H50N6O6S/c1-5-7-16-34-39-38(19-13-22-43(26-38)37(46)42-20-11-8-12-21-42)36(45)44(34)24-29-17-18-31(30(23-29)25-49-6-2)32-14-9-10-15-33(32)51(47,48)41-35-27(3)28(4)50-40-35/h9-10,14-15,17-18,23H,5-8,11-13,16,19-22,24-26H2,1-4H3,(H,40,41)/t38-/m1/s1. The minimum absolute atomic E-state index is 0.0188. The zero-order valence-corrected chi connectivity index (χ0v) is 31.1. The van der Waals surface area contributed by atoms with Gasteiger partial charge in [0.25, 0.3) is 15.9 Å². The number of anilines is 1. The summed E-state index contributed by atoms with van der Waals surface area (Å²) in [6, 6.07) is 12.7. The zero-order valence-electron chi connectivity index (χ0n) is 30.2. The molecule has 2 aromatic carbocycles. The number of urea groups is 1. The van der Waals surface area contributed by atoms with Crippen LogP contribution in [0.2, 0.25) is 0 Å². The summed E-state index contributed by atoms with van der Waals surface area (Å²) < 4.78 is 41.1. The van der Waals surface area contributed by atoms with Crippen LogP contribution in [0.1, 0.15) is 87.7 Å². The Labute approximate surface area is 301 Å². The van der Waals surface area contributed by atoms with Gasteiger partial charge in [0.2, 0.25) is 0 Å². The SMILES string of the molecule is CCCCC1=N[C@@]2(CCCN(C(=O)N3CCCCC3)C2)C(=O)N1Cc1ccc(-c2ccccc2S(=O)(=O)Nc2noc(C)c2C)c(COCC)c1.